The third kappa shape index (κ3) is 4.47. The Bertz CT molecular complexity index is 883. The highest BCUT2D eigenvalue weighted by Crippen LogP contribution is 2.25. The van der Waals surface area contributed by atoms with Crippen molar-refractivity contribution in [2.24, 2.45) is 0 Å². The van der Waals surface area contributed by atoms with Gasteiger partial charge in [-0.3, -0.25) is 5.32 Å². The molecule has 0 saturated carbocycles. The second kappa shape index (κ2) is 7.81. The smallest absolute Gasteiger partial charge is 0.337 e. The number of ether oxygens (including phenoxy) is 2. The van der Waals surface area contributed by atoms with E-state index in [1.807, 2.05) is 0 Å². The number of hydrogen-bond acceptors (Lipinski definition) is 10. The average molecular weight is 423 g/mol. The molecule has 1 aliphatic heterocycles. The number of anilines is 1. The minimum absolute atomic E-state index is 0.0580. The van der Waals surface area contributed by atoms with Crippen molar-refractivity contribution in [3.8, 4) is 11.8 Å². The van der Waals surface area contributed by atoms with Crippen LogP contribution in [0.2, 0.25) is 0 Å². The second-order valence-electron chi connectivity index (χ2n) is 4.99. The third-order valence-corrected chi connectivity index (χ3v) is 5.09. The molecule has 1 aromatic rings. The summed E-state index contributed by atoms with van der Waals surface area (Å²) >= 11 is 5.71. The van der Waals surface area contributed by atoms with E-state index < -0.39 is 33.0 Å². The third-order valence-electron chi connectivity index (χ3n) is 3.19. The number of aliphatic carboxylic acids is 1. The van der Waals surface area contributed by atoms with Crippen LogP contribution in [0.25, 0.3) is 0 Å². The Kier molecular flexibility index (Phi) is 5.92. The Labute approximate surface area is 158 Å². The largest absolute Gasteiger partial charge is 0.481 e. The van der Waals surface area contributed by atoms with Crippen molar-refractivity contribution in [1.29, 1.82) is 0 Å². The summed E-state index contributed by atoms with van der Waals surface area (Å²) in [5.74, 6) is -1.75. The van der Waals surface area contributed by atoms with E-state index >= 15 is 0 Å². The Morgan fingerprint density at radius 1 is 1.30 bits per heavy atom. The fourth-order valence-corrected chi connectivity index (χ4v) is 3.92. The predicted octanol–water partition coefficient (Wildman–Crippen LogP) is -0.744. The zero-order valence-corrected chi connectivity index (χ0v) is 15.8. The maximum Gasteiger partial charge on any atom is 0.337 e. The highest BCUT2D eigenvalue weighted by molar-refractivity contribution is 7.90. The van der Waals surface area contributed by atoms with Crippen molar-refractivity contribution in [3.63, 3.8) is 0 Å². The number of rotatable bonds is 6. The summed E-state index contributed by atoms with van der Waals surface area (Å²) in [7, 11) is -0.637. The lowest BCUT2D eigenvalue weighted by atomic mass is 10.3. The van der Waals surface area contributed by atoms with Crippen LogP contribution >= 0.6 is 11.6 Å². The molecule has 148 valence electrons. The summed E-state index contributed by atoms with van der Waals surface area (Å²) < 4.78 is 36.4. The van der Waals surface area contributed by atoms with Gasteiger partial charge in [0.15, 0.2) is 5.37 Å². The molecule has 1 unspecified atom stereocenters. The SMILES string of the molecule is COc1cc(OC)nc(NC(=O)NS(=O)(=O)C2C(C(=O)O)=C(Cl)NN2C)n1. The molecule has 13 nitrogen and oxygen atoms in total. The highest BCUT2D eigenvalue weighted by Gasteiger charge is 2.44. The molecule has 0 spiro atoms. The molecule has 1 atom stereocenters. The molecule has 1 aliphatic rings. The lowest BCUT2D eigenvalue weighted by Gasteiger charge is -2.21. The van der Waals surface area contributed by atoms with E-state index in [1.54, 1.807) is 4.72 Å². The Hall–Kier alpha value is -2.84. The summed E-state index contributed by atoms with van der Waals surface area (Å²) in [6, 6.07) is 0.108. The number of hydrazine groups is 1. The maximum atomic E-state index is 12.5. The van der Waals surface area contributed by atoms with Crippen molar-refractivity contribution in [2.75, 3.05) is 26.6 Å². The van der Waals surface area contributed by atoms with Crippen LogP contribution in [0, 0.1) is 0 Å². The van der Waals surface area contributed by atoms with Gasteiger partial charge in [0.1, 0.15) is 10.7 Å². The molecule has 2 heterocycles. The monoisotopic (exact) mass is 422 g/mol. The van der Waals surface area contributed by atoms with Gasteiger partial charge in [0, 0.05) is 7.05 Å². The molecule has 2 rings (SSSR count). The first kappa shape index (κ1) is 20.5. The molecule has 1 aromatic heterocycles. The molecule has 0 radical (unpaired) electrons. The van der Waals surface area contributed by atoms with E-state index in [1.165, 1.54) is 27.3 Å². The van der Waals surface area contributed by atoms with Crippen molar-refractivity contribution in [2.45, 2.75) is 5.37 Å². The van der Waals surface area contributed by atoms with E-state index in [2.05, 4.69) is 20.7 Å². The number of sulfonamides is 1. The number of aromatic nitrogens is 2. The molecule has 0 bridgehead atoms. The van der Waals surface area contributed by atoms with Gasteiger partial charge in [-0.25, -0.2) is 27.7 Å². The van der Waals surface area contributed by atoms with Gasteiger partial charge in [0.2, 0.25) is 17.7 Å². The summed E-state index contributed by atoms with van der Waals surface area (Å²) in [4.78, 5) is 31.0. The molecule has 27 heavy (non-hydrogen) atoms. The van der Waals surface area contributed by atoms with E-state index in [4.69, 9.17) is 21.1 Å². The van der Waals surface area contributed by atoms with Gasteiger partial charge in [-0.05, 0) is 0 Å². The van der Waals surface area contributed by atoms with Gasteiger partial charge in [-0.15, -0.1) is 0 Å². The molecule has 15 heteroatoms. The van der Waals surface area contributed by atoms with Crippen molar-refractivity contribution in [3.05, 3.63) is 16.8 Å². The quantitative estimate of drug-likeness (QED) is 0.425. The molecule has 0 aliphatic carbocycles. The van der Waals surface area contributed by atoms with E-state index in [-0.39, 0.29) is 22.9 Å². The molecule has 0 aromatic carbocycles. The Balaban J connectivity index is 2.21. The van der Waals surface area contributed by atoms with Crippen LogP contribution in [0.4, 0.5) is 10.7 Å². The van der Waals surface area contributed by atoms with Gasteiger partial charge >= 0.3 is 12.0 Å². The minimum atomic E-state index is -4.53. The van der Waals surface area contributed by atoms with E-state index in [0.29, 0.717) is 0 Å². The van der Waals surface area contributed by atoms with Gasteiger partial charge in [-0.2, -0.15) is 9.97 Å². The molecular formula is C12H15ClN6O7S. The lowest BCUT2D eigenvalue weighted by Crippen LogP contribution is -2.49. The van der Waals surface area contributed by atoms with Gasteiger partial charge in [0.25, 0.3) is 10.0 Å². The fraction of sp³-hybridized carbons (Fsp3) is 0.333. The number of carboxylic acid groups (broad SMARTS) is 1. The summed E-state index contributed by atoms with van der Waals surface area (Å²) in [5, 5.41) is 10.0. The number of carbonyl (C=O) groups is 2. The van der Waals surface area contributed by atoms with Crippen LogP contribution in [-0.2, 0) is 14.8 Å². The summed E-state index contributed by atoms with van der Waals surface area (Å²) in [5.41, 5.74) is 1.71. The predicted molar refractivity (Wildman–Crippen MR) is 91.4 cm³/mol. The van der Waals surface area contributed by atoms with Gasteiger partial charge in [0.05, 0.1) is 20.3 Å². The minimum Gasteiger partial charge on any atom is -0.481 e. The standard InChI is InChI=1S/C12H15ClN6O7S/c1-19-9(7(10(20)21)8(13)17-19)27(23,24)18-12(22)16-11-14-5(25-2)4-6(15-11)26-3/h4,9,17H,1-3H3,(H,20,21)(H2,14,15,16,18,22). The van der Waals surface area contributed by atoms with Gasteiger partial charge in [-0.1, -0.05) is 11.6 Å². The number of urea groups is 1. The molecular weight excluding hydrogens is 408 g/mol. The maximum absolute atomic E-state index is 12.5. The fourth-order valence-electron chi connectivity index (χ4n) is 2.12. The molecule has 4 N–H and O–H groups in total. The number of amides is 2. The first-order valence-corrected chi connectivity index (χ1v) is 8.93. The van der Waals surface area contributed by atoms with Crippen molar-refractivity contribution < 1.29 is 32.6 Å². The number of nitrogens with one attached hydrogen (secondary N) is 3. The molecule has 2 amide bonds. The van der Waals surface area contributed by atoms with Crippen LogP contribution in [0.3, 0.4) is 0 Å². The zero-order chi connectivity index (χ0) is 20.4. The highest BCUT2D eigenvalue weighted by atomic mass is 35.5. The van der Waals surface area contributed by atoms with Crippen molar-refractivity contribution >= 4 is 39.6 Å². The Morgan fingerprint density at radius 2 is 1.85 bits per heavy atom. The number of halogens is 1. The lowest BCUT2D eigenvalue weighted by molar-refractivity contribution is -0.132. The number of hydrogen-bond donors (Lipinski definition) is 4. The number of likely N-dealkylation sites (N-methyl/N-ethyl adjacent to an activating group) is 1. The van der Waals surface area contributed by atoms with E-state index in [9.17, 15) is 23.1 Å². The summed E-state index contributed by atoms with van der Waals surface area (Å²) in [6.07, 6.45) is 0. The molecule has 0 saturated heterocycles. The van der Waals surface area contributed by atoms with Crippen LogP contribution in [0.1, 0.15) is 0 Å². The number of nitrogens with zero attached hydrogens (tertiary/aromatic N) is 3. The summed E-state index contributed by atoms with van der Waals surface area (Å²) in [6.45, 7) is 0. The molecule has 0 fully saturated rings. The zero-order valence-electron chi connectivity index (χ0n) is 14.2. The van der Waals surface area contributed by atoms with Crippen LogP contribution in [0.15, 0.2) is 16.8 Å². The number of methoxy groups -OCH3 is 2. The first-order valence-electron chi connectivity index (χ1n) is 7.01. The average Bonchev–Trinajstić information content (AvgIpc) is 2.88. The first-order chi connectivity index (χ1) is 12.6. The Morgan fingerprint density at radius 3 is 2.33 bits per heavy atom. The van der Waals surface area contributed by atoms with Gasteiger partial charge < -0.3 is 20.0 Å². The van der Waals surface area contributed by atoms with Crippen molar-refractivity contribution in [1.82, 2.24) is 25.1 Å². The topological polar surface area (TPSA) is 172 Å². The number of carbonyl (C=O) groups excluding carboxylic acids is 1. The van der Waals surface area contributed by atoms with Crippen LogP contribution in [-0.4, -0.2) is 67.1 Å². The normalized spacial score (nSPS) is 17.3. The van der Waals surface area contributed by atoms with E-state index in [0.717, 1.165) is 5.01 Å². The number of carboxylic acids is 1. The van der Waals surface area contributed by atoms with Crippen LogP contribution in [0.5, 0.6) is 11.8 Å². The van der Waals surface area contributed by atoms with Crippen LogP contribution < -0.4 is 24.9 Å². The second-order valence-corrected chi connectivity index (χ2v) is 7.10.